The maximum Gasteiger partial charge on any atom is 0.340 e. The van der Waals surface area contributed by atoms with Gasteiger partial charge in [0.2, 0.25) is 0 Å². The molecule has 0 unspecified atom stereocenters. The second-order valence-electron chi connectivity index (χ2n) is 2.24. The van der Waals surface area contributed by atoms with Crippen LogP contribution >= 0.6 is 15.9 Å². The second-order valence-corrected chi connectivity index (χ2v) is 3.10. The van der Waals surface area contributed by atoms with Crippen LogP contribution < -0.4 is 0 Å². The van der Waals surface area contributed by atoms with Gasteiger partial charge in [-0.3, -0.25) is 4.98 Å². The number of methoxy groups -OCH3 is 1. The van der Waals surface area contributed by atoms with Crippen molar-refractivity contribution in [1.29, 1.82) is 0 Å². The van der Waals surface area contributed by atoms with Gasteiger partial charge in [-0.05, 0) is 28.9 Å². The van der Waals surface area contributed by atoms with Gasteiger partial charge in [0, 0.05) is 10.7 Å². The lowest BCUT2D eigenvalue weighted by Gasteiger charge is -2.03. The SMILES string of the molecule is COC(=O)c1c(Br)ccnc1C. The predicted octanol–water partition coefficient (Wildman–Crippen LogP) is 1.94. The number of pyridine rings is 1. The maximum atomic E-state index is 11.2. The Hall–Kier alpha value is -0.900. The number of aryl methyl sites for hydroxylation is 1. The lowest BCUT2D eigenvalue weighted by molar-refractivity contribution is 0.0598. The van der Waals surface area contributed by atoms with Gasteiger partial charge >= 0.3 is 5.97 Å². The summed E-state index contributed by atoms with van der Waals surface area (Å²) in [5.74, 6) is -0.368. The molecule has 1 aromatic rings. The molecule has 0 fully saturated rings. The van der Waals surface area contributed by atoms with E-state index in [0.29, 0.717) is 15.7 Å². The van der Waals surface area contributed by atoms with Gasteiger partial charge in [-0.1, -0.05) is 0 Å². The van der Waals surface area contributed by atoms with E-state index in [-0.39, 0.29) is 5.97 Å². The Bertz CT molecular complexity index is 292. The molecule has 1 heterocycles. The van der Waals surface area contributed by atoms with Crippen molar-refractivity contribution in [3.8, 4) is 0 Å². The van der Waals surface area contributed by atoms with Gasteiger partial charge in [0.05, 0.1) is 18.4 Å². The molecule has 0 aromatic carbocycles. The molecule has 12 heavy (non-hydrogen) atoms. The van der Waals surface area contributed by atoms with Crippen LogP contribution in [0, 0.1) is 6.92 Å². The average molecular weight is 230 g/mol. The summed E-state index contributed by atoms with van der Waals surface area (Å²) in [7, 11) is 1.35. The average Bonchev–Trinajstić information content (AvgIpc) is 2.03. The minimum absolute atomic E-state index is 0.368. The van der Waals surface area contributed by atoms with E-state index in [1.54, 1.807) is 19.2 Å². The molecule has 0 saturated carbocycles. The summed E-state index contributed by atoms with van der Waals surface area (Å²) >= 11 is 3.25. The van der Waals surface area contributed by atoms with Crippen molar-refractivity contribution >= 4 is 21.9 Å². The predicted molar refractivity (Wildman–Crippen MR) is 48.0 cm³/mol. The molecular weight excluding hydrogens is 222 g/mol. The van der Waals surface area contributed by atoms with Crippen LogP contribution in [0.1, 0.15) is 16.1 Å². The van der Waals surface area contributed by atoms with Gasteiger partial charge in [0.15, 0.2) is 0 Å². The number of aromatic nitrogens is 1. The van der Waals surface area contributed by atoms with Crippen LogP contribution in [0.25, 0.3) is 0 Å². The first-order valence-corrected chi connectivity index (χ1v) is 4.15. The highest BCUT2D eigenvalue weighted by Gasteiger charge is 2.13. The Morgan fingerprint density at radius 3 is 2.83 bits per heavy atom. The molecule has 64 valence electrons. The number of hydrogen-bond donors (Lipinski definition) is 0. The molecule has 0 saturated heterocycles. The summed E-state index contributed by atoms with van der Waals surface area (Å²) < 4.78 is 5.30. The molecular formula is C8H8BrNO2. The van der Waals surface area contributed by atoms with Crippen molar-refractivity contribution in [3.05, 3.63) is 28.0 Å². The normalized spacial score (nSPS) is 9.58. The largest absolute Gasteiger partial charge is 0.465 e. The number of esters is 1. The topological polar surface area (TPSA) is 39.2 Å². The number of carbonyl (C=O) groups is 1. The summed E-state index contributed by atoms with van der Waals surface area (Å²) in [6.45, 7) is 1.76. The maximum absolute atomic E-state index is 11.2. The van der Waals surface area contributed by atoms with Crippen LogP contribution in [0.3, 0.4) is 0 Å². The molecule has 4 heteroatoms. The second kappa shape index (κ2) is 3.67. The van der Waals surface area contributed by atoms with E-state index in [9.17, 15) is 4.79 Å². The van der Waals surface area contributed by atoms with Crippen LogP contribution in [0.2, 0.25) is 0 Å². The van der Waals surface area contributed by atoms with E-state index in [1.165, 1.54) is 7.11 Å². The number of carbonyl (C=O) groups excluding carboxylic acids is 1. The number of rotatable bonds is 1. The van der Waals surface area contributed by atoms with Gasteiger partial charge in [-0.2, -0.15) is 0 Å². The van der Waals surface area contributed by atoms with E-state index in [2.05, 4.69) is 25.7 Å². The number of halogens is 1. The molecule has 0 aliphatic carbocycles. The number of ether oxygens (including phenoxy) is 1. The number of hydrogen-bond acceptors (Lipinski definition) is 3. The zero-order valence-electron chi connectivity index (χ0n) is 6.80. The van der Waals surface area contributed by atoms with Crippen LogP contribution in [0.15, 0.2) is 16.7 Å². The van der Waals surface area contributed by atoms with Crippen molar-refractivity contribution in [2.24, 2.45) is 0 Å². The molecule has 0 N–H and O–H groups in total. The lowest BCUT2D eigenvalue weighted by Crippen LogP contribution is -2.05. The van der Waals surface area contributed by atoms with Crippen molar-refractivity contribution < 1.29 is 9.53 Å². The van der Waals surface area contributed by atoms with Gasteiger partial charge in [-0.25, -0.2) is 4.79 Å². The standard InChI is InChI=1S/C8H8BrNO2/c1-5-7(8(11)12-2)6(9)3-4-10-5/h3-4H,1-2H3. The molecule has 1 aromatic heterocycles. The van der Waals surface area contributed by atoms with E-state index in [1.807, 2.05) is 0 Å². The molecule has 0 radical (unpaired) electrons. The van der Waals surface area contributed by atoms with Crippen molar-refractivity contribution in [3.63, 3.8) is 0 Å². The summed E-state index contributed by atoms with van der Waals surface area (Å²) in [6, 6.07) is 1.71. The van der Waals surface area contributed by atoms with Crippen molar-refractivity contribution in [2.75, 3.05) is 7.11 Å². The minimum Gasteiger partial charge on any atom is -0.465 e. The molecule has 3 nitrogen and oxygen atoms in total. The molecule has 0 atom stereocenters. The fourth-order valence-corrected chi connectivity index (χ4v) is 1.45. The Morgan fingerprint density at radius 1 is 1.67 bits per heavy atom. The van der Waals surface area contributed by atoms with E-state index >= 15 is 0 Å². The van der Waals surface area contributed by atoms with E-state index < -0.39 is 0 Å². The summed E-state index contributed by atoms with van der Waals surface area (Å²) in [5, 5.41) is 0. The molecule has 0 bridgehead atoms. The first-order valence-electron chi connectivity index (χ1n) is 3.36. The quantitative estimate of drug-likeness (QED) is 0.692. The van der Waals surface area contributed by atoms with Crippen molar-refractivity contribution in [2.45, 2.75) is 6.92 Å². The highest BCUT2D eigenvalue weighted by molar-refractivity contribution is 9.10. The Kier molecular flexibility index (Phi) is 2.81. The monoisotopic (exact) mass is 229 g/mol. The molecule has 0 aliphatic heterocycles. The van der Waals surface area contributed by atoms with Gasteiger partial charge in [-0.15, -0.1) is 0 Å². The third-order valence-corrected chi connectivity index (χ3v) is 2.14. The minimum atomic E-state index is -0.368. The highest BCUT2D eigenvalue weighted by Crippen LogP contribution is 2.18. The molecule has 0 spiro atoms. The van der Waals surface area contributed by atoms with Crippen LogP contribution in [-0.2, 0) is 4.74 Å². The highest BCUT2D eigenvalue weighted by atomic mass is 79.9. The van der Waals surface area contributed by atoms with Crippen molar-refractivity contribution in [1.82, 2.24) is 4.98 Å². The van der Waals surface area contributed by atoms with Gasteiger partial charge in [0.1, 0.15) is 0 Å². The van der Waals surface area contributed by atoms with Crippen LogP contribution in [0.5, 0.6) is 0 Å². The Labute approximate surface area is 78.9 Å². The summed E-state index contributed by atoms with van der Waals surface area (Å²) in [6.07, 6.45) is 1.63. The van der Waals surface area contributed by atoms with Crippen LogP contribution in [-0.4, -0.2) is 18.1 Å². The van der Waals surface area contributed by atoms with Crippen LogP contribution in [0.4, 0.5) is 0 Å². The lowest BCUT2D eigenvalue weighted by atomic mass is 10.2. The van der Waals surface area contributed by atoms with Gasteiger partial charge < -0.3 is 4.74 Å². The van der Waals surface area contributed by atoms with E-state index in [0.717, 1.165) is 0 Å². The molecule has 1 rings (SSSR count). The van der Waals surface area contributed by atoms with E-state index in [4.69, 9.17) is 0 Å². The first-order chi connectivity index (χ1) is 5.66. The third-order valence-electron chi connectivity index (χ3n) is 1.48. The zero-order chi connectivity index (χ0) is 9.14. The fraction of sp³-hybridized carbons (Fsp3) is 0.250. The Balaban J connectivity index is 3.21. The first kappa shape index (κ1) is 9.19. The molecule has 0 amide bonds. The third kappa shape index (κ3) is 1.64. The zero-order valence-corrected chi connectivity index (χ0v) is 8.38. The number of nitrogens with zero attached hydrogens (tertiary/aromatic N) is 1. The summed E-state index contributed by atoms with van der Waals surface area (Å²) in [5.41, 5.74) is 1.15. The Morgan fingerprint density at radius 2 is 2.33 bits per heavy atom. The van der Waals surface area contributed by atoms with Gasteiger partial charge in [0.25, 0.3) is 0 Å². The summed E-state index contributed by atoms with van der Waals surface area (Å²) in [4.78, 5) is 15.1. The smallest absolute Gasteiger partial charge is 0.340 e. The molecule has 0 aliphatic rings. The fourth-order valence-electron chi connectivity index (χ4n) is 0.882.